The van der Waals surface area contributed by atoms with Crippen molar-refractivity contribution in [1.29, 1.82) is 0 Å². The van der Waals surface area contributed by atoms with Gasteiger partial charge in [-0.15, -0.1) is 0 Å². The fourth-order valence-electron chi connectivity index (χ4n) is 5.20. The highest BCUT2D eigenvalue weighted by Gasteiger charge is 2.36. The molecule has 9 nitrogen and oxygen atoms in total. The first-order valence-electron chi connectivity index (χ1n) is 14.2. The summed E-state index contributed by atoms with van der Waals surface area (Å²) in [6, 6.07) is 12.8. The number of hydrogen-bond donors (Lipinski definition) is 3. The second-order valence-electron chi connectivity index (χ2n) is 10.7. The molecule has 0 saturated heterocycles. The third kappa shape index (κ3) is 7.85. The van der Waals surface area contributed by atoms with Crippen LogP contribution < -0.4 is 26.7 Å². The monoisotopic (exact) mass is 593 g/mol. The van der Waals surface area contributed by atoms with Crippen molar-refractivity contribution < 1.29 is 27.8 Å². The van der Waals surface area contributed by atoms with E-state index in [0.717, 1.165) is 60.1 Å². The van der Waals surface area contributed by atoms with Crippen LogP contribution in [0, 0.1) is 11.7 Å². The number of aromatic nitrogens is 1. The molecular formula is C32H37F2N5O4. The van der Waals surface area contributed by atoms with Gasteiger partial charge in [-0.05, 0) is 86.1 Å². The van der Waals surface area contributed by atoms with Crippen molar-refractivity contribution in [3.05, 3.63) is 70.7 Å². The minimum Gasteiger partial charge on any atom is -0.495 e. The minimum absolute atomic E-state index is 0.145. The van der Waals surface area contributed by atoms with Crippen LogP contribution in [-0.2, 0) is 16.0 Å². The Kier molecular flexibility index (Phi) is 10.6. The number of nitrogens with two attached hydrogens (primary N) is 3. The lowest BCUT2D eigenvalue weighted by Crippen LogP contribution is -2.11. The molecule has 1 aromatic heterocycles. The van der Waals surface area contributed by atoms with Crippen molar-refractivity contribution in [3.8, 4) is 22.8 Å². The van der Waals surface area contributed by atoms with E-state index in [9.17, 15) is 8.78 Å². The topological polar surface area (TPSA) is 156 Å². The molecule has 3 aliphatic rings. The van der Waals surface area contributed by atoms with Crippen LogP contribution >= 0.6 is 0 Å². The molecule has 228 valence electrons. The van der Waals surface area contributed by atoms with Crippen LogP contribution in [0.3, 0.4) is 0 Å². The van der Waals surface area contributed by atoms with Gasteiger partial charge in [0, 0.05) is 34.5 Å². The molecule has 2 fully saturated rings. The van der Waals surface area contributed by atoms with E-state index in [4.69, 9.17) is 29.8 Å². The van der Waals surface area contributed by atoms with Crippen molar-refractivity contribution in [2.24, 2.45) is 22.4 Å². The van der Waals surface area contributed by atoms with Crippen LogP contribution in [0.1, 0.15) is 59.9 Å². The second-order valence-corrected chi connectivity index (χ2v) is 10.7. The standard InChI is InChI=1S/C30H31F2N3O2.2CH3NO/c1-36-27-12-17(10-20(28(27)33)15-34-23-8-9-23)11-24(18-2-3-18)26-13-25-21(14-31)16-37-30(25)29(35-26)19-4-6-22(32)7-5-19;2*2-1-3/h4-7,10,12-13,15,18,21,23-24H,2-3,8-9,11,14,16,33H2,1H3;2*1H,(H2,2,3). The molecule has 2 aromatic carbocycles. The van der Waals surface area contributed by atoms with Crippen LogP contribution in [0.15, 0.2) is 47.5 Å². The second kappa shape index (κ2) is 14.6. The molecule has 2 heterocycles. The maximum absolute atomic E-state index is 13.9. The lowest BCUT2D eigenvalue weighted by Gasteiger charge is -2.20. The SMILES string of the molecule is COc1cc(CC(c2cc3c(c(-c4ccc(F)cc4)n2)OCC3CF)C2CC2)cc(C=NC2CC2)c1N.NC=O.NC=O. The van der Waals surface area contributed by atoms with Gasteiger partial charge in [-0.1, -0.05) is 0 Å². The summed E-state index contributed by atoms with van der Waals surface area (Å²) in [5.74, 6) is 1.26. The third-order valence-corrected chi connectivity index (χ3v) is 7.65. The summed E-state index contributed by atoms with van der Waals surface area (Å²) >= 11 is 0. The largest absolute Gasteiger partial charge is 0.495 e. The van der Waals surface area contributed by atoms with Crippen LogP contribution in [0.4, 0.5) is 14.5 Å². The molecule has 0 bridgehead atoms. The number of benzene rings is 2. The van der Waals surface area contributed by atoms with Crippen LogP contribution in [0.25, 0.3) is 11.3 Å². The summed E-state index contributed by atoms with van der Waals surface area (Å²) in [6.07, 6.45) is 7.62. The van der Waals surface area contributed by atoms with E-state index in [1.54, 1.807) is 19.2 Å². The van der Waals surface area contributed by atoms with E-state index < -0.39 is 6.67 Å². The molecule has 2 amide bonds. The van der Waals surface area contributed by atoms with Crippen molar-refractivity contribution in [2.45, 2.75) is 50.0 Å². The summed E-state index contributed by atoms with van der Waals surface area (Å²) in [5, 5.41) is 0. The van der Waals surface area contributed by atoms with Crippen molar-refractivity contribution in [1.82, 2.24) is 4.98 Å². The number of methoxy groups -OCH3 is 1. The number of halogens is 2. The van der Waals surface area contributed by atoms with Gasteiger partial charge < -0.3 is 26.7 Å². The zero-order valence-electron chi connectivity index (χ0n) is 24.0. The fourth-order valence-corrected chi connectivity index (χ4v) is 5.20. The Morgan fingerprint density at radius 3 is 2.35 bits per heavy atom. The number of pyridine rings is 1. The molecule has 1 aliphatic heterocycles. The number of alkyl halides is 1. The Hall–Kier alpha value is -4.54. The molecule has 43 heavy (non-hydrogen) atoms. The first kappa shape index (κ1) is 31.4. The molecule has 3 aromatic rings. The van der Waals surface area contributed by atoms with E-state index in [0.29, 0.717) is 34.8 Å². The Labute approximate surface area is 249 Å². The summed E-state index contributed by atoms with van der Waals surface area (Å²) in [7, 11) is 1.63. The van der Waals surface area contributed by atoms with E-state index in [1.165, 1.54) is 12.1 Å². The van der Waals surface area contributed by atoms with Crippen molar-refractivity contribution >= 4 is 24.7 Å². The maximum Gasteiger partial charge on any atom is 0.204 e. The van der Waals surface area contributed by atoms with Gasteiger partial charge in [-0.2, -0.15) is 0 Å². The first-order chi connectivity index (χ1) is 20.9. The molecule has 2 aliphatic carbocycles. The van der Waals surface area contributed by atoms with Crippen LogP contribution in [0.2, 0.25) is 0 Å². The zero-order valence-corrected chi connectivity index (χ0v) is 24.0. The van der Waals surface area contributed by atoms with Gasteiger partial charge in [-0.25, -0.2) is 9.37 Å². The van der Waals surface area contributed by atoms with Gasteiger partial charge in [0.25, 0.3) is 0 Å². The molecule has 0 radical (unpaired) electrons. The molecule has 6 rings (SSSR count). The number of carbonyl (C=O) groups excluding carboxylic acids is 2. The fraction of sp³-hybridized carbons (Fsp3) is 0.375. The van der Waals surface area contributed by atoms with Gasteiger partial charge in [0.05, 0.1) is 38.0 Å². The Bertz CT molecular complexity index is 1440. The summed E-state index contributed by atoms with van der Waals surface area (Å²) in [4.78, 5) is 26.9. The number of nitrogen functional groups attached to an aromatic ring is 1. The zero-order chi connectivity index (χ0) is 30.9. The van der Waals surface area contributed by atoms with E-state index in [-0.39, 0.29) is 37.1 Å². The number of aliphatic imine (C=N–C) groups is 1. The molecule has 2 saturated carbocycles. The number of ether oxygens (including phenoxy) is 2. The predicted octanol–water partition coefficient (Wildman–Crippen LogP) is 4.44. The number of primary amides is 2. The van der Waals surface area contributed by atoms with E-state index in [1.807, 2.05) is 18.3 Å². The molecule has 11 heteroatoms. The highest BCUT2D eigenvalue weighted by molar-refractivity contribution is 5.89. The quantitative estimate of drug-likeness (QED) is 0.189. The minimum atomic E-state index is -0.494. The Morgan fingerprint density at radius 1 is 1.09 bits per heavy atom. The number of anilines is 1. The van der Waals surface area contributed by atoms with Gasteiger partial charge in [0.15, 0.2) is 0 Å². The molecule has 0 spiro atoms. The normalized spacial score (nSPS) is 17.4. The maximum atomic E-state index is 13.9. The average molecular weight is 594 g/mol. The van der Waals surface area contributed by atoms with Crippen LogP contribution in [-0.4, -0.2) is 50.5 Å². The molecule has 2 atom stereocenters. The average Bonchev–Trinajstić information content (AvgIpc) is 3.95. The predicted molar refractivity (Wildman–Crippen MR) is 162 cm³/mol. The highest BCUT2D eigenvalue weighted by atomic mass is 19.1. The summed E-state index contributed by atoms with van der Waals surface area (Å²) in [6.45, 7) is -0.204. The molecule has 6 N–H and O–H groups in total. The van der Waals surface area contributed by atoms with Crippen molar-refractivity contribution in [2.75, 3.05) is 26.1 Å². The number of rotatable bonds is 9. The summed E-state index contributed by atoms with van der Waals surface area (Å²) < 4.78 is 39.1. The van der Waals surface area contributed by atoms with Crippen molar-refractivity contribution in [3.63, 3.8) is 0 Å². The van der Waals surface area contributed by atoms with E-state index in [2.05, 4.69) is 22.5 Å². The van der Waals surface area contributed by atoms with Gasteiger partial charge >= 0.3 is 0 Å². The lowest BCUT2D eigenvalue weighted by molar-refractivity contribution is -0.107. The number of amides is 2. The van der Waals surface area contributed by atoms with E-state index >= 15 is 0 Å². The molecular weight excluding hydrogens is 556 g/mol. The highest BCUT2D eigenvalue weighted by Crippen LogP contribution is 2.48. The number of hydrogen-bond acceptors (Lipinski definition) is 7. The van der Waals surface area contributed by atoms with Gasteiger partial charge in [0.1, 0.15) is 23.0 Å². The number of nitrogens with zero attached hydrogens (tertiary/aromatic N) is 2. The van der Waals surface area contributed by atoms with Crippen LogP contribution in [0.5, 0.6) is 11.5 Å². The van der Waals surface area contributed by atoms with Gasteiger partial charge in [0.2, 0.25) is 12.8 Å². The third-order valence-electron chi connectivity index (χ3n) is 7.65. The first-order valence-corrected chi connectivity index (χ1v) is 14.2. The Balaban J connectivity index is 0.000000653. The number of carbonyl (C=O) groups is 2. The molecule has 2 unspecified atom stereocenters. The smallest absolute Gasteiger partial charge is 0.204 e. The van der Waals surface area contributed by atoms with Gasteiger partial charge in [-0.3, -0.25) is 19.0 Å². The Morgan fingerprint density at radius 2 is 1.77 bits per heavy atom. The summed E-state index contributed by atoms with van der Waals surface area (Å²) in [5.41, 5.74) is 20.5. The lowest BCUT2D eigenvalue weighted by atomic mass is 9.88. The number of fused-ring (bicyclic) bond motifs is 1.